The molecule has 0 aliphatic rings. The van der Waals surface area contributed by atoms with Crippen LogP contribution in [0.2, 0.25) is 0 Å². The summed E-state index contributed by atoms with van der Waals surface area (Å²) in [4.78, 5) is 33.9. The number of H-pyrrole nitrogens is 1. The number of para-hydroxylation sites is 1. The summed E-state index contributed by atoms with van der Waals surface area (Å²) in [5.74, 6) is 1.07. The number of fused-ring (bicyclic) bond motifs is 1. The minimum Gasteiger partial charge on any atom is -0.489 e. The van der Waals surface area contributed by atoms with Gasteiger partial charge < -0.3 is 14.6 Å². The second kappa shape index (κ2) is 10.4. The molecule has 0 unspecified atom stereocenters. The highest BCUT2D eigenvalue weighted by molar-refractivity contribution is 5.91. The van der Waals surface area contributed by atoms with Crippen molar-refractivity contribution in [3.8, 4) is 5.75 Å². The Balaban J connectivity index is 1.38. The van der Waals surface area contributed by atoms with E-state index in [0.717, 1.165) is 16.9 Å². The van der Waals surface area contributed by atoms with Gasteiger partial charge in [-0.25, -0.2) is 4.98 Å². The van der Waals surface area contributed by atoms with Crippen molar-refractivity contribution < 1.29 is 9.53 Å². The van der Waals surface area contributed by atoms with Gasteiger partial charge in [0.25, 0.3) is 5.56 Å². The summed E-state index contributed by atoms with van der Waals surface area (Å²) in [5, 5.41) is 0.534. The standard InChI is InChI=1S/C27H25N3O3/c1-2-30(18-25-28-24-11-7-6-10-23(24)27(32)29-25)26(31)17-14-20-12-15-22(16-13-20)33-19-21-8-4-3-5-9-21/h3-17H,2,18-19H2,1H3,(H,28,29,32)/b17-14+. The molecule has 1 amide bonds. The number of hydrogen-bond acceptors (Lipinski definition) is 4. The quantitative estimate of drug-likeness (QED) is 0.408. The molecule has 1 aromatic heterocycles. The van der Waals surface area contributed by atoms with Gasteiger partial charge in [-0.1, -0.05) is 54.6 Å². The highest BCUT2D eigenvalue weighted by atomic mass is 16.5. The third-order valence-corrected chi connectivity index (χ3v) is 5.24. The number of hydrogen-bond donors (Lipinski definition) is 1. The zero-order chi connectivity index (χ0) is 23.0. The number of benzene rings is 3. The van der Waals surface area contributed by atoms with Gasteiger partial charge in [-0.3, -0.25) is 9.59 Å². The maximum atomic E-state index is 12.7. The molecule has 4 rings (SSSR count). The first-order valence-corrected chi connectivity index (χ1v) is 10.8. The molecule has 0 aliphatic carbocycles. The van der Waals surface area contributed by atoms with Gasteiger partial charge in [-0.15, -0.1) is 0 Å². The van der Waals surface area contributed by atoms with E-state index in [1.54, 1.807) is 29.2 Å². The fourth-order valence-electron chi connectivity index (χ4n) is 3.43. The van der Waals surface area contributed by atoms with Gasteiger partial charge in [0.1, 0.15) is 18.2 Å². The van der Waals surface area contributed by atoms with Crippen LogP contribution in [0.4, 0.5) is 0 Å². The molecule has 0 saturated heterocycles. The van der Waals surface area contributed by atoms with Crippen LogP contribution in [0.1, 0.15) is 23.9 Å². The van der Waals surface area contributed by atoms with E-state index < -0.39 is 0 Å². The van der Waals surface area contributed by atoms with Crippen molar-refractivity contribution >= 4 is 22.9 Å². The van der Waals surface area contributed by atoms with E-state index in [1.165, 1.54) is 6.08 Å². The van der Waals surface area contributed by atoms with Crippen LogP contribution in [-0.2, 0) is 17.9 Å². The number of rotatable bonds is 8. The molecule has 0 spiro atoms. The molecule has 4 aromatic rings. The highest BCUT2D eigenvalue weighted by Gasteiger charge is 2.12. The molecule has 166 valence electrons. The Kier molecular flexibility index (Phi) is 6.95. The van der Waals surface area contributed by atoms with Crippen molar-refractivity contribution in [2.75, 3.05) is 6.54 Å². The van der Waals surface area contributed by atoms with Crippen molar-refractivity contribution in [3.63, 3.8) is 0 Å². The van der Waals surface area contributed by atoms with Crippen molar-refractivity contribution in [3.05, 3.63) is 112 Å². The van der Waals surface area contributed by atoms with E-state index in [4.69, 9.17) is 4.74 Å². The summed E-state index contributed by atoms with van der Waals surface area (Å²) in [7, 11) is 0. The Labute approximate surface area is 192 Å². The number of carbonyl (C=O) groups excluding carboxylic acids is 1. The number of carbonyl (C=O) groups is 1. The van der Waals surface area contributed by atoms with Crippen molar-refractivity contribution in [2.24, 2.45) is 0 Å². The third kappa shape index (κ3) is 5.74. The van der Waals surface area contributed by atoms with E-state index in [2.05, 4.69) is 9.97 Å². The molecule has 0 fully saturated rings. The normalized spacial score (nSPS) is 11.1. The van der Waals surface area contributed by atoms with Crippen LogP contribution < -0.4 is 10.3 Å². The molecule has 3 aromatic carbocycles. The Bertz CT molecular complexity index is 1310. The van der Waals surface area contributed by atoms with E-state index in [0.29, 0.717) is 29.9 Å². The maximum absolute atomic E-state index is 12.7. The minimum atomic E-state index is -0.204. The zero-order valence-corrected chi connectivity index (χ0v) is 18.4. The number of aromatic nitrogens is 2. The number of aromatic amines is 1. The smallest absolute Gasteiger partial charge is 0.258 e. The maximum Gasteiger partial charge on any atom is 0.258 e. The van der Waals surface area contributed by atoms with Crippen molar-refractivity contribution in [2.45, 2.75) is 20.1 Å². The fourth-order valence-corrected chi connectivity index (χ4v) is 3.43. The lowest BCUT2D eigenvalue weighted by Gasteiger charge is -2.18. The van der Waals surface area contributed by atoms with Crippen LogP contribution >= 0.6 is 0 Å². The first-order chi connectivity index (χ1) is 16.1. The fraction of sp³-hybridized carbons (Fsp3) is 0.148. The van der Waals surface area contributed by atoms with Gasteiger partial charge in [0.05, 0.1) is 17.4 Å². The van der Waals surface area contributed by atoms with Crippen LogP contribution in [0.5, 0.6) is 5.75 Å². The van der Waals surface area contributed by atoms with Crippen LogP contribution in [0.25, 0.3) is 17.0 Å². The number of likely N-dealkylation sites (N-methyl/N-ethyl adjacent to an activating group) is 1. The molecule has 0 aliphatic heterocycles. The van der Waals surface area contributed by atoms with Crippen LogP contribution in [-0.4, -0.2) is 27.3 Å². The molecule has 1 heterocycles. The SMILES string of the molecule is CCN(Cc1nc2ccccc2c(=O)[nH]1)C(=O)/C=C/c1ccc(OCc2ccccc2)cc1. The molecule has 0 atom stereocenters. The average Bonchev–Trinajstić information content (AvgIpc) is 2.86. The molecule has 1 N–H and O–H groups in total. The van der Waals surface area contributed by atoms with Crippen molar-refractivity contribution in [1.82, 2.24) is 14.9 Å². The molecule has 6 nitrogen and oxygen atoms in total. The van der Waals surface area contributed by atoms with Gasteiger partial charge in [0.15, 0.2) is 0 Å². The molecule has 6 heteroatoms. The van der Waals surface area contributed by atoms with E-state index in [1.807, 2.05) is 67.6 Å². The van der Waals surface area contributed by atoms with Crippen LogP contribution in [0, 0.1) is 0 Å². The van der Waals surface area contributed by atoms with Crippen LogP contribution in [0.15, 0.2) is 89.7 Å². The van der Waals surface area contributed by atoms with E-state index in [9.17, 15) is 9.59 Å². The lowest BCUT2D eigenvalue weighted by atomic mass is 10.2. The summed E-state index contributed by atoms with van der Waals surface area (Å²) in [6.07, 6.45) is 3.30. The first-order valence-electron chi connectivity index (χ1n) is 10.8. The number of nitrogens with one attached hydrogen (secondary N) is 1. The summed E-state index contributed by atoms with van der Waals surface area (Å²) < 4.78 is 5.80. The molecule has 33 heavy (non-hydrogen) atoms. The predicted octanol–water partition coefficient (Wildman–Crippen LogP) is 4.56. The Hall–Kier alpha value is -4.19. The molecule has 0 saturated carbocycles. The van der Waals surface area contributed by atoms with Gasteiger partial charge in [0, 0.05) is 12.6 Å². The predicted molar refractivity (Wildman–Crippen MR) is 130 cm³/mol. The topological polar surface area (TPSA) is 75.3 Å². The number of nitrogens with zero attached hydrogens (tertiary/aromatic N) is 2. The summed E-state index contributed by atoms with van der Waals surface area (Å²) in [5.41, 5.74) is 2.41. The summed E-state index contributed by atoms with van der Waals surface area (Å²) in [6.45, 7) is 3.12. The largest absolute Gasteiger partial charge is 0.489 e. The summed E-state index contributed by atoms with van der Waals surface area (Å²) in [6, 6.07) is 24.7. The van der Waals surface area contributed by atoms with Gasteiger partial charge in [0.2, 0.25) is 5.91 Å². The second-order valence-corrected chi connectivity index (χ2v) is 7.56. The zero-order valence-electron chi connectivity index (χ0n) is 18.4. The number of amides is 1. The summed E-state index contributed by atoms with van der Waals surface area (Å²) >= 11 is 0. The average molecular weight is 440 g/mol. The van der Waals surface area contributed by atoms with E-state index in [-0.39, 0.29) is 18.0 Å². The third-order valence-electron chi connectivity index (χ3n) is 5.24. The van der Waals surface area contributed by atoms with Gasteiger partial charge in [-0.2, -0.15) is 0 Å². The Morgan fingerprint density at radius 1 is 1.00 bits per heavy atom. The molecule has 0 radical (unpaired) electrons. The highest BCUT2D eigenvalue weighted by Crippen LogP contribution is 2.15. The van der Waals surface area contributed by atoms with E-state index >= 15 is 0 Å². The lowest BCUT2D eigenvalue weighted by Crippen LogP contribution is -2.30. The second-order valence-electron chi connectivity index (χ2n) is 7.56. The molecule has 0 bridgehead atoms. The van der Waals surface area contributed by atoms with Gasteiger partial charge >= 0.3 is 0 Å². The van der Waals surface area contributed by atoms with Gasteiger partial charge in [-0.05, 0) is 48.4 Å². The monoisotopic (exact) mass is 439 g/mol. The Morgan fingerprint density at radius 2 is 1.73 bits per heavy atom. The van der Waals surface area contributed by atoms with Crippen LogP contribution in [0.3, 0.4) is 0 Å². The number of ether oxygens (including phenoxy) is 1. The van der Waals surface area contributed by atoms with Crippen molar-refractivity contribution in [1.29, 1.82) is 0 Å². The Morgan fingerprint density at radius 3 is 2.48 bits per heavy atom. The molecular formula is C27H25N3O3. The lowest BCUT2D eigenvalue weighted by molar-refractivity contribution is -0.126. The minimum absolute atomic E-state index is 0.155. The first kappa shape index (κ1) is 22.0. The molecular weight excluding hydrogens is 414 g/mol.